The van der Waals surface area contributed by atoms with Gasteiger partial charge >= 0.3 is 11.8 Å². The Bertz CT molecular complexity index is 562. The third-order valence-corrected chi connectivity index (χ3v) is 2.87. The van der Waals surface area contributed by atoms with Crippen LogP contribution in [-0.4, -0.2) is 33.6 Å². The van der Waals surface area contributed by atoms with E-state index >= 15 is 0 Å². The van der Waals surface area contributed by atoms with Gasteiger partial charge in [0.15, 0.2) is 5.78 Å². The molecular weight excluding hydrogens is 286 g/mol. The first-order valence-corrected chi connectivity index (χ1v) is 6.86. The minimum Gasteiger partial charge on any atom is -0.449 e. The molecule has 1 aromatic rings. The van der Waals surface area contributed by atoms with Gasteiger partial charge in [-0.3, -0.25) is 9.36 Å². The maximum absolute atomic E-state index is 12.2. The molecular formula is C12H18ClN3O4. The normalized spacial score (nSPS) is 10.4. The number of alkyl halides is 1. The highest BCUT2D eigenvalue weighted by Gasteiger charge is 2.23. The van der Waals surface area contributed by atoms with Gasteiger partial charge in [-0.1, -0.05) is 6.92 Å². The van der Waals surface area contributed by atoms with Gasteiger partial charge in [0.05, 0.1) is 12.3 Å². The average molecular weight is 304 g/mol. The molecule has 1 aromatic heterocycles. The van der Waals surface area contributed by atoms with Crippen LogP contribution in [-0.2, 0) is 17.7 Å². The molecule has 0 saturated heterocycles. The molecule has 1 amide bonds. The first-order chi connectivity index (χ1) is 9.47. The zero-order valence-electron chi connectivity index (χ0n) is 11.7. The van der Waals surface area contributed by atoms with Crippen LogP contribution in [0.5, 0.6) is 0 Å². The Balaban J connectivity index is 3.37. The summed E-state index contributed by atoms with van der Waals surface area (Å²) in [6, 6.07) is 0. The first kappa shape index (κ1) is 16.3. The van der Waals surface area contributed by atoms with Crippen molar-refractivity contribution < 1.29 is 14.3 Å². The van der Waals surface area contributed by atoms with Crippen molar-refractivity contribution >= 4 is 23.5 Å². The summed E-state index contributed by atoms with van der Waals surface area (Å²) in [5.41, 5.74) is 2.45. The SMILES string of the molecule is CCOC(=O)Nn1c(C(C)=O)c(CC)n(CCCl)c1=O. The van der Waals surface area contributed by atoms with Gasteiger partial charge in [-0.05, 0) is 13.3 Å². The molecule has 1 rings (SSSR count). The van der Waals surface area contributed by atoms with Crippen molar-refractivity contribution in [2.75, 3.05) is 17.9 Å². The molecule has 0 unspecified atom stereocenters. The number of ketones is 1. The monoisotopic (exact) mass is 303 g/mol. The van der Waals surface area contributed by atoms with Crippen LogP contribution in [0.15, 0.2) is 4.79 Å². The van der Waals surface area contributed by atoms with E-state index < -0.39 is 11.8 Å². The second-order valence-electron chi connectivity index (χ2n) is 4.00. The predicted molar refractivity (Wildman–Crippen MR) is 75.2 cm³/mol. The molecule has 20 heavy (non-hydrogen) atoms. The van der Waals surface area contributed by atoms with Crippen LogP contribution < -0.4 is 11.1 Å². The Hall–Kier alpha value is -1.76. The van der Waals surface area contributed by atoms with E-state index in [1.165, 1.54) is 11.5 Å². The number of carbonyl (C=O) groups excluding carboxylic acids is 2. The number of ether oxygens (including phenoxy) is 1. The average Bonchev–Trinajstić information content (AvgIpc) is 2.64. The van der Waals surface area contributed by atoms with Gasteiger partial charge in [0.2, 0.25) is 0 Å². The molecule has 0 bridgehead atoms. The molecule has 1 N–H and O–H groups in total. The predicted octanol–water partition coefficient (Wildman–Crippen LogP) is 1.35. The summed E-state index contributed by atoms with van der Waals surface area (Å²) in [6.07, 6.45) is -0.318. The summed E-state index contributed by atoms with van der Waals surface area (Å²) >= 11 is 5.67. The Morgan fingerprint density at radius 2 is 2.00 bits per heavy atom. The molecule has 0 aliphatic carbocycles. The van der Waals surface area contributed by atoms with E-state index in [9.17, 15) is 14.4 Å². The fourth-order valence-electron chi connectivity index (χ4n) is 1.98. The highest BCUT2D eigenvalue weighted by Crippen LogP contribution is 2.10. The molecule has 0 saturated carbocycles. The number of rotatable bonds is 6. The van der Waals surface area contributed by atoms with Crippen LogP contribution in [0.2, 0.25) is 0 Å². The second kappa shape index (κ2) is 7.14. The van der Waals surface area contributed by atoms with E-state index in [1.807, 2.05) is 6.92 Å². The summed E-state index contributed by atoms with van der Waals surface area (Å²) in [5.74, 6) is -0.0858. The lowest BCUT2D eigenvalue weighted by Gasteiger charge is -2.07. The van der Waals surface area contributed by atoms with Crippen molar-refractivity contribution in [1.82, 2.24) is 9.24 Å². The molecule has 7 nitrogen and oxygen atoms in total. The minimum atomic E-state index is -0.789. The largest absolute Gasteiger partial charge is 0.449 e. The van der Waals surface area contributed by atoms with E-state index in [2.05, 4.69) is 5.43 Å². The minimum absolute atomic E-state index is 0.149. The quantitative estimate of drug-likeness (QED) is 0.635. The Morgan fingerprint density at radius 3 is 2.45 bits per heavy atom. The number of nitrogens with zero attached hydrogens (tertiary/aromatic N) is 2. The van der Waals surface area contributed by atoms with Crippen LogP contribution in [0.4, 0.5) is 4.79 Å². The van der Waals surface area contributed by atoms with Crippen molar-refractivity contribution in [1.29, 1.82) is 0 Å². The molecule has 0 aliphatic rings. The number of hydrogen-bond acceptors (Lipinski definition) is 4. The Kier molecular flexibility index (Phi) is 5.82. The van der Waals surface area contributed by atoms with Crippen LogP contribution >= 0.6 is 11.6 Å². The first-order valence-electron chi connectivity index (χ1n) is 6.32. The van der Waals surface area contributed by atoms with E-state index in [1.54, 1.807) is 6.92 Å². The molecule has 0 aliphatic heterocycles. The molecule has 0 spiro atoms. The molecule has 0 fully saturated rings. The smallest absolute Gasteiger partial charge is 0.426 e. The van der Waals surface area contributed by atoms with Crippen LogP contribution in [0.3, 0.4) is 0 Å². The summed E-state index contributed by atoms with van der Waals surface area (Å²) in [5, 5.41) is 0. The molecule has 0 radical (unpaired) electrons. The number of aromatic nitrogens is 2. The second-order valence-corrected chi connectivity index (χ2v) is 4.37. The third-order valence-electron chi connectivity index (χ3n) is 2.70. The van der Waals surface area contributed by atoms with Crippen molar-refractivity contribution in [3.63, 3.8) is 0 Å². The molecule has 0 aromatic carbocycles. The maximum Gasteiger partial charge on any atom is 0.426 e. The zero-order chi connectivity index (χ0) is 15.3. The summed E-state index contributed by atoms with van der Waals surface area (Å²) in [4.78, 5) is 35.5. The molecule has 1 heterocycles. The Labute approximate surface area is 121 Å². The highest BCUT2D eigenvalue weighted by molar-refractivity contribution is 6.17. The lowest BCUT2D eigenvalue weighted by Crippen LogP contribution is -2.36. The van der Waals surface area contributed by atoms with Gasteiger partial charge in [0.25, 0.3) is 0 Å². The summed E-state index contributed by atoms with van der Waals surface area (Å²) in [7, 11) is 0. The molecule has 112 valence electrons. The Morgan fingerprint density at radius 1 is 1.35 bits per heavy atom. The summed E-state index contributed by atoms with van der Waals surface area (Å²) in [6.45, 7) is 5.23. The van der Waals surface area contributed by atoms with E-state index in [4.69, 9.17) is 16.3 Å². The third kappa shape index (κ3) is 3.22. The number of halogens is 1. The van der Waals surface area contributed by atoms with Gasteiger partial charge in [0.1, 0.15) is 5.69 Å². The van der Waals surface area contributed by atoms with Gasteiger partial charge in [-0.2, -0.15) is 4.68 Å². The number of amides is 1. The van der Waals surface area contributed by atoms with Crippen molar-refractivity contribution in [2.45, 2.75) is 33.7 Å². The van der Waals surface area contributed by atoms with Crippen molar-refractivity contribution in [3.05, 3.63) is 21.9 Å². The number of imidazole rings is 1. The highest BCUT2D eigenvalue weighted by atomic mass is 35.5. The van der Waals surface area contributed by atoms with Crippen LogP contribution in [0.25, 0.3) is 0 Å². The fraction of sp³-hybridized carbons (Fsp3) is 0.583. The lowest BCUT2D eigenvalue weighted by atomic mass is 10.2. The van der Waals surface area contributed by atoms with Gasteiger partial charge in [-0.15, -0.1) is 11.6 Å². The standard InChI is InChI=1S/C12H18ClN3O4/c1-4-9-10(8(3)17)16(14-11(18)20-5-2)12(19)15(9)7-6-13/h4-7H2,1-3H3,(H,14,18). The number of hydrogen-bond donors (Lipinski definition) is 1. The maximum atomic E-state index is 12.2. The van der Waals surface area contributed by atoms with E-state index in [0.717, 1.165) is 4.68 Å². The van der Waals surface area contributed by atoms with Gasteiger partial charge < -0.3 is 4.74 Å². The number of Topliss-reactive ketones (excluding diaryl/α,β-unsaturated/α-hetero) is 1. The molecule has 0 atom stereocenters. The molecule has 8 heteroatoms. The van der Waals surface area contributed by atoms with Crippen molar-refractivity contribution in [2.24, 2.45) is 0 Å². The van der Waals surface area contributed by atoms with E-state index in [-0.39, 0.29) is 30.5 Å². The topological polar surface area (TPSA) is 82.3 Å². The van der Waals surface area contributed by atoms with Crippen LogP contribution in [0.1, 0.15) is 37.0 Å². The van der Waals surface area contributed by atoms with Crippen LogP contribution in [0, 0.1) is 0 Å². The summed E-state index contributed by atoms with van der Waals surface area (Å²) < 4.78 is 7.03. The van der Waals surface area contributed by atoms with Gasteiger partial charge in [-0.25, -0.2) is 15.0 Å². The van der Waals surface area contributed by atoms with Crippen molar-refractivity contribution in [3.8, 4) is 0 Å². The number of nitrogens with one attached hydrogen (secondary N) is 1. The van der Waals surface area contributed by atoms with E-state index in [0.29, 0.717) is 12.1 Å². The lowest BCUT2D eigenvalue weighted by molar-refractivity contribution is 0.100. The van der Waals surface area contributed by atoms with Gasteiger partial charge in [0, 0.05) is 19.3 Å². The zero-order valence-corrected chi connectivity index (χ0v) is 12.5. The fourth-order valence-corrected chi connectivity index (χ4v) is 2.15. The number of carbonyl (C=O) groups is 2.